The maximum absolute atomic E-state index is 14.0. The molecule has 3 aromatic rings. The highest BCUT2D eigenvalue weighted by molar-refractivity contribution is 7.90. The number of hydrogen-bond donors (Lipinski definition) is 3. The lowest BCUT2D eigenvalue weighted by Gasteiger charge is -2.27. The van der Waals surface area contributed by atoms with E-state index in [0.29, 0.717) is 12.1 Å². The highest BCUT2D eigenvalue weighted by atomic mass is 32.2. The van der Waals surface area contributed by atoms with Crippen molar-refractivity contribution in [3.8, 4) is 11.5 Å². The number of amidine groups is 1. The molecule has 31 heavy (non-hydrogen) atoms. The third kappa shape index (κ3) is 3.14. The van der Waals surface area contributed by atoms with Crippen LogP contribution in [0.25, 0.3) is 10.9 Å². The number of nitrogens with zero attached hydrogens (tertiary/aromatic N) is 2. The third-order valence-electron chi connectivity index (χ3n) is 5.81. The number of pyridine rings is 1. The molecule has 5 rings (SSSR count). The van der Waals surface area contributed by atoms with Gasteiger partial charge in [0.2, 0.25) is 0 Å². The molecule has 2 aliphatic rings. The molecule has 1 aliphatic heterocycles. The van der Waals surface area contributed by atoms with Gasteiger partial charge in [0, 0.05) is 18.0 Å². The van der Waals surface area contributed by atoms with Crippen LogP contribution >= 0.6 is 0 Å². The van der Waals surface area contributed by atoms with Crippen LogP contribution in [-0.4, -0.2) is 29.0 Å². The summed E-state index contributed by atoms with van der Waals surface area (Å²) in [5.41, 5.74) is -0.498. The summed E-state index contributed by atoms with van der Waals surface area (Å²) in [5.74, 6) is -1.48. The van der Waals surface area contributed by atoms with Crippen molar-refractivity contribution in [3.63, 3.8) is 0 Å². The maximum Gasteiger partial charge on any atom is 0.286 e. The number of hydrogen-bond acceptors (Lipinski definition) is 6. The summed E-state index contributed by atoms with van der Waals surface area (Å²) in [6.07, 6.45) is 2.97. The molecule has 0 radical (unpaired) electrons. The predicted octanol–water partition coefficient (Wildman–Crippen LogP) is 2.91. The number of fused-ring (bicyclic) bond motifs is 2. The molecule has 2 aromatic carbocycles. The number of benzene rings is 2. The summed E-state index contributed by atoms with van der Waals surface area (Å²) in [5, 5.41) is 23.3. The van der Waals surface area contributed by atoms with Crippen LogP contribution in [0, 0.1) is 11.7 Å². The quantitative estimate of drug-likeness (QED) is 0.535. The van der Waals surface area contributed by atoms with Crippen molar-refractivity contribution in [1.29, 1.82) is 0 Å². The average Bonchev–Trinajstić information content (AvgIpc) is 2.67. The lowest BCUT2D eigenvalue weighted by Crippen LogP contribution is -2.34. The van der Waals surface area contributed by atoms with Crippen molar-refractivity contribution in [1.82, 2.24) is 4.57 Å². The Labute approximate surface area is 176 Å². The maximum atomic E-state index is 14.0. The van der Waals surface area contributed by atoms with E-state index >= 15 is 0 Å². The van der Waals surface area contributed by atoms with Gasteiger partial charge in [0.15, 0.2) is 5.84 Å². The minimum absolute atomic E-state index is 0.0901. The Morgan fingerprint density at radius 2 is 1.94 bits per heavy atom. The van der Waals surface area contributed by atoms with Crippen LogP contribution in [0.4, 0.5) is 10.1 Å². The van der Waals surface area contributed by atoms with Gasteiger partial charge >= 0.3 is 0 Å². The van der Waals surface area contributed by atoms with Crippen LogP contribution in [0.1, 0.15) is 24.8 Å². The first-order valence-electron chi connectivity index (χ1n) is 9.75. The molecular weight excluding hydrogens is 425 g/mol. The van der Waals surface area contributed by atoms with Crippen molar-refractivity contribution < 1.29 is 23.0 Å². The zero-order valence-corrected chi connectivity index (χ0v) is 17.0. The van der Waals surface area contributed by atoms with E-state index in [0.717, 1.165) is 31.4 Å². The summed E-state index contributed by atoms with van der Waals surface area (Å²) < 4.78 is 44.4. The molecular formula is C21H18FN3O5S. The first-order chi connectivity index (χ1) is 14.7. The van der Waals surface area contributed by atoms with Gasteiger partial charge in [-0.05, 0) is 49.1 Å². The molecule has 2 heterocycles. The third-order valence-corrected chi connectivity index (χ3v) is 7.13. The van der Waals surface area contributed by atoms with Crippen LogP contribution in [0.2, 0.25) is 0 Å². The van der Waals surface area contributed by atoms with E-state index in [4.69, 9.17) is 0 Å². The Morgan fingerprint density at radius 3 is 2.65 bits per heavy atom. The molecule has 1 aliphatic carbocycles. The first kappa shape index (κ1) is 19.6. The number of halogens is 1. The molecule has 0 amide bonds. The second-order valence-electron chi connectivity index (χ2n) is 7.82. The van der Waals surface area contributed by atoms with Gasteiger partial charge in [0.1, 0.15) is 27.8 Å². The van der Waals surface area contributed by atoms with Gasteiger partial charge < -0.3 is 20.1 Å². The minimum Gasteiger partial charge on any atom is -0.508 e. The minimum atomic E-state index is -4.25. The molecule has 0 unspecified atom stereocenters. The fraction of sp³-hybridized carbons (Fsp3) is 0.238. The molecule has 3 N–H and O–H groups in total. The molecule has 0 saturated heterocycles. The normalized spacial score (nSPS) is 17.5. The van der Waals surface area contributed by atoms with E-state index in [-0.39, 0.29) is 39.0 Å². The van der Waals surface area contributed by atoms with E-state index in [1.165, 1.54) is 28.8 Å². The van der Waals surface area contributed by atoms with Gasteiger partial charge in [-0.2, -0.15) is 8.42 Å². The van der Waals surface area contributed by atoms with Gasteiger partial charge in [0.25, 0.3) is 15.6 Å². The lowest BCUT2D eigenvalue weighted by molar-refractivity contribution is 0.277. The number of anilines is 1. The van der Waals surface area contributed by atoms with Crippen LogP contribution in [-0.2, 0) is 16.6 Å². The molecule has 160 valence electrons. The molecule has 0 spiro atoms. The number of aromatic hydroxyl groups is 2. The van der Waals surface area contributed by atoms with Gasteiger partial charge in [0.05, 0.1) is 11.2 Å². The first-order valence-corrected chi connectivity index (χ1v) is 11.2. The smallest absolute Gasteiger partial charge is 0.286 e. The summed E-state index contributed by atoms with van der Waals surface area (Å²) in [4.78, 5) is 13.1. The number of aromatic nitrogens is 1. The fourth-order valence-corrected chi connectivity index (χ4v) is 5.14. The average molecular weight is 443 g/mol. The summed E-state index contributed by atoms with van der Waals surface area (Å²) in [6, 6.07) is 7.41. The lowest BCUT2D eigenvalue weighted by atomic mass is 9.85. The Kier molecular flexibility index (Phi) is 4.30. The Morgan fingerprint density at radius 1 is 1.16 bits per heavy atom. The summed E-state index contributed by atoms with van der Waals surface area (Å²) in [7, 11) is -4.25. The zero-order chi connectivity index (χ0) is 21.9. The standard InChI is InChI=1S/C21H18FN3O5S/c22-12-4-7-16-14(8-12)19(27)18(21(28)25(16)10-11-2-1-3-11)20-23-15-6-5-13(26)9-17(15)31(29,30)24-20/h4-9,11,26-27H,1-3,10H2,(H,23,24). The predicted molar refractivity (Wildman–Crippen MR) is 113 cm³/mol. The van der Waals surface area contributed by atoms with Gasteiger partial charge in [-0.3, -0.25) is 4.79 Å². The van der Waals surface area contributed by atoms with E-state index in [9.17, 15) is 27.8 Å². The van der Waals surface area contributed by atoms with Gasteiger partial charge in [-0.25, -0.2) is 4.39 Å². The number of phenols is 1. The van der Waals surface area contributed by atoms with Crippen molar-refractivity contribution in [2.45, 2.75) is 30.7 Å². The van der Waals surface area contributed by atoms with Gasteiger partial charge in [-0.15, -0.1) is 4.40 Å². The molecule has 1 aromatic heterocycles. The monoisotopic (exact) mass is 443 g/mol. The number of sulfonamides is 1. The second-order valence-corrected chi connectivity index (χ2v) is 9.39. The van der Waals surface area contributed by atoms with Crippen LogP contribution in [0.15, 0.2) is 50.5 Å². The topological polar surface area (TPSA) is 121 Å². The van der Waals surface area contributed by atoms with Crippen LogP contribution in [0.5, 0.6) is 11.5 Å². The molecule has 1 saturated carbocycles. The summed E-state index contributed by atoms with van der Waals surface area (Å²) >= 11 is 0. The largest absolute Gasteiger partial charge is 0.508 e. The molecule has 10 heteroatoms. The van der Waals surface area contributed by atoms with Crippen molar-refractivity contribution in [3.05, 3.63) is 58.1 Å². The van der Waals surface area contributed by atoms with Crippen molar-refractivity contribution >= 4 is 32.4 Å². The second kappa shape index (κ2) is 6.81. The number of phenolic OH excluding ortho intramolecular Hbond substituents is 1. The van der Waals surface area contributed by atoms with E-state index in [1.54, 1.807) is 0 Å². The Balaban J connectivity index is 1.76. The van der Waals surface area contributed by atoms with E-state index in [1.807, 2.05) is 0 Å². The molecule has 0 atom stereocenters. The SMILES string of the molecule is O=c1c(C2=NS(=O)(=O)c3cc(O)ccc3N2)c(O)c2cc(F)ccc2n1CC1CCC1. The Hall–Kier alpha value is -3.40. The highest BCUT2D eigenvalue weighted by Crippen LogP contribution is 2.35. The van der Waals surface area contributed by atoms with E-state index in [2.05, 4.69) is 9.71 Å². The highest BCUT2D eigenvalue weighted by Gasteiger charge is 2.31. The van der Waals surface area contributed by atoms with Crippen LogP contribution in [0.3, 0.4) is 0 Å². The molecule has 0 bridgehead atoms. The molecule has 1 fully saturated rings. The fourth-order valence-electron chi connectivity index (χ4n) is 4.00. The molecule has 8 nitrogen and oxygen atoms in total. The number of nitrogens with one attached hydrogen (secondary N) is 1. The van der Waals surface area contributed by atoms with E-state index < -0.39 is 27.1 Å². The number of rotatable bonds is 3. The summed E-state index contributed by atoms with van der Waals surface area (Å²) in [6.45, 7) is 0.374. The zero-order valence-electron chi connectivity index (χ0n) is 16.2. The van der Waals surface area contributed by atoms with Gasteiger partial charge in [-0.1, -0.05) is 6.42 Å². The van der Waals surface area contributed by atoms with Crippen LogP contribution < -0.4 is 10.9 Å². The van der Waals surface area contributed by atoms with Crippen molar-refractivity contribution in [2.75, 3.05) is 5.32 Å². The van der Waals surface area contributed by atoms with Crippen molar-refractivity contribution in [2.24, 2.45) is 10.3 Å². The Bertz CT molecular complexity index is 1440.